The molecule has 1 aliphatic heterocycles. The van der Waals surface area contributed by atoms with E-state index in [1.165, 1.54) is 17.8 Å². The van der Waals surface area contributed by atoms with Crippen LogP contribution in [-0.4, -0.2) is 21.6 Å². The number of fused-ring (bicyclic) bond motifs is 1. The normalized spacial score (nSPS) is 13.4. The molecule has 1 aliphatic rings. The molecule has 1 N–H and O–H groups in total. The van der Waals surface area contributed by atoms with Crippen LogP contribution in [0.3, 0.4) is 0 Å². The van der Waals surface area contributed by atoms with Gasteiger partial charge >= 0.3 is 0 Å². The number of thioether (sulfide) groups is 1. The summed E-state index contributed by atoms with van der Waals surface area (Å²) in [5, 5.41) is 0.308. The second-order valence-corrected chi connectivity index (χ2v) is 8.59. The molecular weight excluding hydrogens is 433 g/mol. The number of amides is 1. The topological polar surface area (TPSA) is 49.0 Å². The van der Waals surface area contributed by atoms with E-state index in [4.69, 9.17) is 11.6 Å². The second kappa shape index (κ2) is 8.21. The third kappa shape index (κ3) is 3.84. The van der Waals surface area contributed by atoms with E-state index in [9.17, 15) is 9.18 Å². The molecule has 4 nitrogen and oxygen atoms in total. The molecule has 4 aromatic rings. The Morgan fingerprint density at radius 3 is 2.71 bits per heavy atom. The van der Waals surface area contributed by atoms with Gasteiger partial charge in [-0.3, -0.25) is 4.79 Å². The van der Waals surface area contributed by atoms with Gasteiger partial charge in [0.15, 0.2) is 0 Å². The number of aromatic amines is 1. The molecule has 154 valence electrons. The fraction of sp³-hybridized carbons (Fsp3) is 0.0833. The number of benzene rings is 3. The summed E-state index contributed by atoms with van der Waals surface area (Å²) in [5.41, 5.74) is 3.84. The van der Waals surface area contributed by atoms with Crippen molar-refractivity contribution in [3.05, 3.63) is 89.3 Å². The highest BCUT2D eigenvalue weighted by atomic mass is 35.5. The summed E-state index contributed by atoms with van der Waals surface area (Å²) in [6.07, 6.45) is 1.79. The van der Waals surface area contributed by atoms with Crippen molar-refractivity contribution in [2.45, 2.75) is 11.4 Å². The van der Waals surface area contributed by atoms with Gasteiger partial charge in [-0.1, -0.05) is 48.0 Å². The van der Waals surface area contributed by atoms with Gasteiger partial charge in [-0.15, -0.1) is 11.8 Å². The molecule has 0 fully saturated rings. The molecule has 0 unspecified atom stereocenters. The smallest absolute Gasteiger partial charge is 0.237 e. The number of anilines is 1. The van der Waals surface area contributed by atoms with Crippen molar-refractivity contribution in [2.75, 3.05) is 10.7 Å². The number of halogens is 2. The lowest BCUT2D eigenvalue weighted by atomic mass is 10.1. The highest BCUT2D eigenvalue weighted by molar-refractivity contribution is 8.00. The average molecular weight is 450 g/mol. The summed E-state index contributed by atoms with van der Waals surface area (Å²) in [6.45, 7) is 0.0781. The van der Waals surface area contributed by atoms with E-state index in [-0.39, 0.29) is 12.5 Å². The summed E-state index contributed by atoms with van der Waals surface area (Å²) in [6, 6.07) is 20.4. The van der Waals surface area contributed by atoms with Crippen LogP contribution < -0.4 is 4.90 Å². The lowest BCUT2D eigenvalue weighted by molar-refractivity contribution is -0.116. The van der Waals surface area contributed by atoms with Gasteiger partial charge in [0.05, 0.1) is 29.9 Å². The van der Waals surface area contributed by atoms with Crippen LogP contribution in [0.25, 0.3) is 22.6 Å². The summed E-state index contributed by atoms with van der Waals surface area (Å²) in [5.74, 6) is 0.499. The monoisotopic (exact) mass is 449 g/mol. The second-order valence-electron chi connectivity index (χ2n) is 7.16. The van der Waals surface area contributed by atoms with Crippen LogP contribution >= 0.6 is 23.4 Å². The zero-order valence-corrected chi connectivity index (χ0v) is 17.9. The number of H-pyrrole nitrogens is 1. The highest BCUT2D eigenvalue weighted by Crippen LogP contribution is 2.39. The maximum atomic E-state index is 14.4. The number of rotatable bonds is 4. The Morgan fingerprint density at radius 1 is 1.06 bits per heavy atom. The van der Waals surface area contributed by atoms with E-state index >= 15 is 0 Å². The van der Waals surface area contributed by atoms with Crippen LogP contribution in [0.5, 0.6) is 0 Å². The summed E-state index contributed by atoms with van der Waals surface area (Å²) >= 11 is 7.69. The summed E-state index contributed by atoms with van der Waals surface area (Å²) in [7, 11) is 0. The van der Waals surface area contributed by atoms with E-state index in [1.54, 1.807) is 23.2 Å². The highest BCUT2D eigenvalue weighted by Gasteiger charge is 2.27. The average Bonchev–Trinajstić information content (AvgIpc) is 3.28. The molecule has 0 saturated heterocycles. The number of imidazole rings is 1. The van der Waals surface area contributed by atoms with E-state index in [1.807, 2.05) is 48.5 Å². The van der Waals surface area contributed by atoms with E-state index in [0.717, 1.165) is 27.4 Å². The molecule has 0 bridgehead atoms. The molecule has 1 amide bonds. The Kier molecular flexibility index (Phi) is 5.26. The summed E-state index contributed by atoms with van der Waals surface area (Å²) in [4.78, 5) is 23.2. The number of carbonyl (C=O) groups is 1. The van der Waals surface area contributed by atoms with Crippen molar-refractivity contribution in [3.8, 4) is 22.6 Å². The molecule has 0 saturated carbocycles. The molecular formula is C24H17ClFN3OS. The molecule has 3 aromatic carbocycles. The van der Waals surface area contributed by atoms with Gasteiger partial charge in [-0.2, -0.15) is 0 Å². The van der Waals surface area contributed by atoms with E-state index in [2.05, 4.69) is 9.97 Å². The molecule has 0 spiro atoms. The predicted molar refractivity (Wildman–Crippen MR) is 123 cm³/mol. The molecule has 1 aromatic heterocycles. The van der Waals surface area contributed by atoms with Gasteiger partial charge in [0, 0.05) is 21.0 Å². The Hall–Kier alpha value is -3.09. The Labute approximate surface area is 188 Å². The Morgan fingerprint density at radius 2 is 1.90 bits per heavy atom. The molecule has 2 heterocycles. The first-order valence-corrected chi connectivity index (χ1v) is 11.1. The molecule has 0 atom stereocenters. The number of hydrogen-bond acceptors (Lipinski definition) is 3. The number of nitrogens with one attached hydrogen (secondary N) is 1. The molecule has 7 heteroatoms. The summed E-state index contributed by atoms with van der Waals surface area (Å²) < 4.78 is 14.4. The van der Waals surface area contributed by atoms with Crippen LogP contribution in [0.1, 0.15) is 5.56 Å². The van der Waals surface area contributed by atoms with Gasteiger partial charge < -0.3 is 9.88 Å². The Bertz CT molecular complexity index is 1250. The van der Waals surface area contributed by atoms with Crippen LogP contribution in [0, 0.1) is 5.82 Å². The van der Waals surface area contributed by atoms with Crippen molar-refractivity contribution in [3.63, 3.8) is 0 Å². The molecule has 0 radical (unpaired) electrons. The van der Waals surface area contributed by atoms with Crippen molar-refractivity contribution >= 4 is 35.0 Å². The third-order valence-corrected chi connectivity index (χ3v) is 6.62. The van der Waals surface area contributed by atoms with Crippen molar-refractivity contribution in [1.82, 2.24) is 9.97 Å². The fourth-order valence-electron chi connectivity index (χ4n) is 3.60. The van der Waals surface area contributed by atoms with Gasteiger partial charge in [-0.25, -0.2) is 9.37 Å². The van der Waals surface area contributed by atoms with Gasteiger partial charge in [-0.05, 0) is 35.9 Å². The number of carbonyl (C=O) groups excluding carboxylic acids is 1. The van der Waals surface area contributed by atoms with Gasteiger partial charge in [0.1, 0.15) is 11.6 Å². The number of nitrogens with zero attached hydrogens (tertiary/aromatic N) is 2. The molecule has 5 rings (SSSR count). The first kappa shape index (κ1) is 19.8. The SMILES string of the molecule is O=C1CSc2ccc(-c3ncc(-c4ccccc4)[nH]3)cc2N1Cc1c(F)cccc1Cl. The Balaban J connectivity index is 1.52. The quantitative estimate of drug-likeness (QED) is 0.405. The lowest BCUT2D eigenvalue weighted by Gasteiger charge is -2.29. The third-order valence-electron chi connectivity index (χ3n) is 5.21. The van der Waals surface area contributed by atoms with Crippen LogP contribution in [0.4, 0.5) is 10.1 Å². The fourth-order valence-corrected chi connectivity index (χ4v) is 4.74. The van der Waals surface area contributed by atoms with Crippen molar-refractivity contribution in [2.24, 2.45) is 0 Å². The molecule has 31 heavy (non-hydrogen) atoms. The number of aromatic nitrogens is 2. The maximum Gasteiger partial charge on any atom is 0.237 e. The first-order chi connectivity index (χ1) is 15.1. The van der Waals surface area contributed by atoms with Crippen LogP contribution in [-0.2, 0) is 11.3 Å². The minimum Gasteiger partial charge on any atom is -0.338 e. The van der Waals surface area contributed by atoms with Gasteiger partial charge in [0.2, 0.25) is 5.91 Å². The van der Waals surface area contributed by atoms with E-state index in [0.29, 0.717) is 22.2 Å². The van der Waals surface area contributed by atoms with Crippen LogP contribution in [0.2, 0.25) is 5.02 Å². The van der Waals surface area contributed by atoms with Crippen molar-refractivity contribution in [1.29, 1.82) is 0 Å². The minimum atomic E-state index is -0.422. The zero-order chi connectivity index (χ0) is 21.4. The first-order valence-electron chi connectivity index (χ1n) is 9.71. The van der Waals surface area contributed by atoms with Crippen LogP contribution in [0.15, 0.2) is 77.8 Å². The molecule has 0 aliphatic carbocycles. The number of hydrogen-bond donors (Lipinski definition) is 1. The zero-order valence-electron chi connectivity index (χ0n) is 16.3. The van der Waals surface area contributed by atoms with E-state index < -0.39 is 5.82 Å². The predicted octanol–water partition coefficient (Wildman–Crippen LogP) is 6.18. The standard InChI is InChI=1S/C24H17ClFN3OS/c25-18-7-4-8-19(26)17(18)13-29-21-11-16(9-10-22(21)31-14-23(29)30)24-27-12-20(28-24)15-5-2-1-3-6-15/h1-12H,13-14H2,(H,27,28). The van der Waals surface area contributed by atoms with Gasteiger partial charge in [0.25, 0.3) is 0 Å². The lowest BCUT2D eigenvalue weighted by Crippen LogP contribution is -2.35. The largest absolute Gasteiger partial charge is 0.338 e. The van der Waals surface area contributed by atoms with Crippen molar-refractivity contribution < 1.29 is 9.18 Å². The maximum absolute atomic E-state index is 14.4. The minimum absolute atomic E-state index is 0.0781.